The Balaban J connectivity index is 1.28. The van der Waals surface area contributed by atoms with Crippen molar-refractivity contribution in [1.82, 2.24) is 20.3 Å². The second kappa shape index (κ2) is 7.08. The number of hydrogen-bond acceptors (Lipinski definition) is 5. The highest BCUT2D eigenvalue weighted by Crippen LogP contribution is 2.40. The molecule has 138 valence electrons. The molecular weight excluding hydrogens is 316 g/mol. The van der Waals surface area contributed by atoms with Gasteiger partial charge in [0.1, 0.15) is 5.76 Å². The second-order valence-electron chi connectivity index (χ2n) is 8.41. The SMILES string of the molecule is C[C@H]1CN(CC2CCN(C)CC2)C[C@H]1NC(=O)c1cc(C2CC2)on1. The normalized spacial score (nSPS) is 29.2. The van der Waals surface area contributed by atoms with Gasteiger partial charge in [0, 0.05) is 37.7 Å². The maximum Gasteiger partial charge on any atom is 0.273 e. The number of nitrogens with zero attached hydrogens (tertiary/aromatic N) is 3. The van der Waals surface area contributed by atoms with E-state index in [-0.39, 0.29) is 11.9 Å². The Kier molecular flexibility index (Phi) is 4.82. The van der Waals surface area contributed by atoms with Crippen LogP contribution in [0.5, 0.6) is 0 Å². The minimum atomic E-state index is -0.0892. The number of carbonyl (C=O) groups excluding carboxylic acids is 1. The van der Waals surface area contributed by atoms with Gasteiger partial charge in [0.2, 0.25) is 0 Å². The fourth-order valence-electron chi connectivity index (χ4n) is 4.21. The van der Waals surface area contributed by atoms with E-state index < -0.39 is 0 Å². The zero-order valence-corrected chi connectivity index (χ0v) is 15.4. The van der Waals surface area contributed by atoms with Crippen molar-refractivity contribution in [3.8, 4) is 0 Å². The van der Waals surface area contributed by atoms with Crippen LogP contribution in [0.2, 0.25) is 0 Å². The van der Waals surface area contributed by atoms with Gasteiger partial charge in [0.25, 0.3) is 5.91 Å². The molecule has 0 bridgehead atoms. The summed E-state index contributed by atoms with van der Waals surface area (Å²) < 4.78 is 5.31. The number of hydrogen-bond donors (Lipinski definition) is 1. The lowest BCUT2D eigenvalue weighted by atomic mass is 9.97. The molecule has 1 aromatic rings. The van der Waals surface area contributed by atoms with Gasteiger partial charge < -0.3 is 19.6 Å². The van der Waals surface area contributed by atoms with E-state index in [1.807, 2.05) is 6.07 Å². The Morgan fingerprint density at radius 2 is 2.04 bits per heavy atom. The number of carbonyl (C=O) groups is 1. The van der Waals surface area contributed by atoms with Crippen molar-refractivity contribution in [2.45, 2.75) is 44.6 Å². The van der Waals surface area contributed by atoms with Crippen molar-refractivity contribution in [2.75, 3.05) is 39.8 Å². The average Bonchev–Trinajstić information content (AvgIpc) is 3.22. The molecular formula is C19H30N4O2. The largest absolute Gasteiger partial charge is 0.360 e. The van der Waals surface area contributed by atoms with Crippen LogP contribution >= 0.6 is 0 Å². The third kappa shape index (κ3) is 4.06. The maximum absolute atomic E-state index is 12.5. The lowest BCUT2D eigenvalue weighted by Gasteiger charge is -2.31. The molecule has 2 aliphatic heterocycles. The molecule has 3 aliphatic rings. The highest BCUT2D eigenvalue weighted by atomic mass is 16.5. The second-order valence-corrected chi connectivity index (χ2v) is 8.41. The van der Waals surface area contributed by atoms with E-state index in [0.717, 1.165) is 37.6 Å². The van der Waals surface area contributed by atoms with Crippen LogP contribution < -0.4 is 5.32 Å². The van der Waals surface area contributed by atoms with Gasteiger partial charge in [-0.3, -0.25) is 4.79 Å². The van der Waals surface area contributed by atoms with E-state index >= 15 is 0 Å². The number of rotatable bonds is 5. The fourth-order valence-corrected chi connectivity index (χ4v) is 4.21. The highest BCUT2D eigenvalue weighted by molar-refractivity contribution is 5.92. The first-order chi connectivity index (χ1) is 12.1. The van der Waals surface area contributed by atoms with E-state index in [2.05, 4.69) is 34.2 Å². The van der Waals surface area contributed by atoms with Crippen LogP contribution in [0.15, 0.2) is 10.6 Å². The topological polar surface area (TPSA) is 61.6 Å². The number of likely N-dealkylation sites (tertiary alicyclic amines) is 2. The molecule has 0 aromatic carbocycles. The minimum Gasteiger partial charge on any atom is -0.360 e. The molecule has 6 nitrogen and oxygen atoms in total. The van der Waals surface area contributed by atoms with Crippen molar-refractivity contribution in [1.29, 1.82) is 0 Å². The standard InChI is InChI=1S/C19H30N4O2/c1-13-10-23(11-14-5-7-22(2)8-6-14)12-17(13)20-19(24)16-9-18(25-21-16)15-3-4-15/h9,13-15,17H,3-8,10-12H2,1-2H3,(H,20,24)/t13-,17+/m0/s1. The van der Waals surface area contributed by atoms with E-state index in [4.69, 9.17) is 4.52 Å². The molecule has 4 rings (SSSR count). The van der Waals surface area contributed by atoms with Crippen molar-refractivity contribution >= 4 is 5.91 Å². The number of amides is 1. The van der Waals surface area contributed by atoms with E-state index in [1.165, 1.54) is 32.5 Å². The smallest absolute Gasteiger partial charge is 0.273 e. The van der Waals surface area contributed by atoms with Crippen LogP contribution in [0.1, 0.15) is 54.8 Å². The molecule has 2 saturated heterocycles. The van der Waals surface area contributed by atoms with E-state index in [9.17, 15) is 4.79 Å². The molecule has 25 heavy (non-hydrogen) atoms. The molecule has 0 radical (unpaired) electrons. The maximum atomic E-state index is 12.5. The van der Waals surface area contributed by atoms with Crippen LogP contribution in [0.4, 0.5) is 0 Å². The quantitative estimate of drug-likeness (QED) is 0.883. The molecule has 6 heteroatoms. The molecule has 1 aliphatic carbocycles. The summed E-state index contributed by atoms with van der Waals surface area (Å²) in [6.45, 7) is 7.85. The summed E-state index contributed by atoms with van der Waals surface area (Å²) in [5.74, 6) is 2.55. The lowest BCUT2D eigenvalue weighted by molar-refractivity contribution is 0.0921. The molecule has 3 heterocycles. The first kappa shape index (κ1) is 17.0. The van der Waals surface area contributed by atoms with Crippen LogP contribution in [0.25, 0.3) is 0 Å². The first-order valence-electron chi connectivity index (χ1n) is 9.77. The molecule has 0 unspecified atom stereocenters. The summed E-state index contributed by atoms with van der Waals surface area (Å²) in [7, 11) is 2.21. The monoisotopic (exact) mass is 346 g/mol. The Hall–Kier alpha value is -1.40. The first-order valence-corrected chi connectivity index (χ1v) is 9.77. The summed E-state index contributed by atoms with van der Waals surface area (Å²) in [5.41, 5.74) is 0.433. The predicted molar refractivity (Wildman–Crippen MR) is 95.6 cm³/mol. The summed E-state index contributed by atoms with van der Waals surface area (Å²) in [6.07, 6.45) is 4.90. The third-order valence-electron chi connectivity index (χ3n) is 6.10. The number of piperidine rings is 1. The Morgan fingerprint density at radius 1 is 1.28 bits per heavy atom. The van der Waals surface area contributed by atoms with Crippen molar-refractivity contribution in [3.63, 3.8) is 0 Å². The van der Waals surface area contributed by atoms with Crippen LogP contribution in [0, 0.1) is 11.8 Å². The molecule has 2 atom stereocenters. The zero-order chi connectivity index (χ0) is 17.4. The zero-order valence-electron chi connectivity index (χ0n) is 15.4. The molecule has 1 aromatic heterocycles. The van der Waals surface area contributed by atoms with Gasteiger partial charge in [-0.05, 0) is 57.7 Å². The van der Waals surface area contributed by atoms with Crippen molar-refractivity contribution in [2.24, 2.45) is 11.8 Å². The summed E-state index contributed by atoms with van der Waals surface area (Å²) in [6, 6.07) is 2.03. The average molecular weight is 346 g/mol. The molecule has 3 fully saturated rings. The van der Waals surface area contributed by atoms with Gasteiger partial charge in [-0.15, -0.1) is 0 Å². The molecule has 1 amide bonds. The number of nitrogens with one attached hydrogen (secondary N) is 1. The van der Waals surface area contributed by atoms with Gasteiger partial charge in [-0.2, -0.15) is 0 Å². The van der Waals surface area contributed by atoms with Gasteiger partial charge in [-0.1, -0.05) is 12.1 Å². The van der Waals surface area contributed by atoms with Gasteiger partial charge in [0.05, 0.1) is 0 Å². The minimum absolute atomic E-state index is 0.0892. The van der Waals surface area contributed by atoms with E-state index in [0.29, 0.717) is 17.5 Å². The number of aromatic nitrogens is 1. The van der Waals surface area contributed by atoms with Crippen LogP contribution in [-0.2, 0) is 0 Å². The van der Waals surface area contributed by atoms with Gasteiger partial charge in [-0.25, -0.2) is 0 Å². The Bertz CT molecular complexity index is 604. The highest BCUT2D eigenvalue weighted by Gasteiger charge is 2.34. The lowest BCUT2D eigenvalue weighted by Crippen LogP contribution is -2.41. The Morgan fingerprint density at radius 3 is 2.76 bits per heavy atom. The molecule has 1 saturated carbocycles. The summed E-state index contributed by atoms with van der Waals surface area (Å²) in [5, 5.41) is 7.14. The van der Waals surface area contributed by atoms with Crippen molar-refractivity contribution in [3.05, 3.63) is 17.5 Å². The Labute approximate surface area is 149 Å². The summed E-state index contributed by atoms with van der Waals surface area (Å²) >= 11 is 0. The summed E-state index contributed by atoms with van der Waals surface area (Å²) in [4.78, 5) is 17.4. The predicted octanol–water partition coefficient (Wildman–Crippen LogP) is 1.94. The molecule has 0 spiro atoms. The van der Waals surface area contributed by atoms with Crippen LogP contribution in [0.3, 0.4) is 0 Å². The fraction of sp³-hybridized carbons (Fsp3) is 0.789. The van der Waals surface area contributed by atoms with E-state index in [1.54, 1.807) is 0 Å². The van der Waals surface area contributed by atoms with Gasteiger partial charge >= 0.3 is 0 Å². The third-order valence-corrected chi connectivity index (χ3v) is 6.10. The molecule has 1 N–H and O–H groups in total. The van der Waals surface area contributed by atoms with Crippen LogP contribution in [-0.4, -0.2) is 66.7 Å². The van der Waals surface area contributed by atoms with Gasteiger partial charge in [0.15, 0.2) is 5.69 Å². The van der Waals surface area contributed by atoms with Crippen molar-refractivity contribution < 1.29 is 9.32 Å².